The van der Waals surface area contributed by atoms with Gasteiger partial charge in [-0.3, -0.25) is 4.57 Å². The number of aryl methyl sites for hydroxylation is 1. The van der Waals surface area contributed by atoms with Crippen LogP contribution in [0, 0.1) is 5.92 Å². The molecule has 0 spiro atoms. The van der Waals surface area contributed by atoms with Gasteiger partial charge in [-0.1, -0.05) is 31.0 Å². The summed E-state index contributed by atoms with van der Waals surface area (Å²) in [6, 6.07) is 5.63. The first kappa shape index (κ1) is 17.1. The van der Waals surface area contributed by atoms with Crippen LogP contribution >= 0.6 is 11.6 Å². The van der Waals surface area contributed by atoms with Gasteiger partial charge in [-0.2, -0.15) is 9.61 Å². The lowest BCUT2D eigenvalue weighted by atomic mass is 10.1. The number of aromatic nitrogens is 4. The fraction of sp³-hybridized carbons (Fsp3) is 0.421. The normalized spacial score (nSPS) is 14.1. The van der Waals surface area contributed by atoms with E-state index in [9.17, 15) is 4.79 Å². The zero-order valence-corrected chi connectivity index (χ0v) is 15.4. The van der Waals surface area contributed by atoms with Crippen LogP contribution in [0.1, 0.15) is 32.6 Å². The number of hydrogen-bond donors (Lipinski definition) is 0. The van der Waals surface area contributed by atoms with Crippen molar-refractivity contribution in [1.29, 1.82) is 0 Å². The summed E-state index contributed by atoms with van der Waals surface area (Å²) in [4.78, 5) is 17.0. The maximum absolute atomic E-state index is 12.5. The lowest BCUT2D eigenvalue weighted by molar-refractivity contribution is 0.300. The van der Waals surface area contributed by atoms with Gasteiger partial charge in [0.2, 0.25) is 0 Å². The van der Waals surface area contributed by atoms with Crippen molar-refractivity contribution in [3.05, 3.63) is 46.2 Å². The largest absolute Gasteiger partial charge is 0.492 e. The smallest absolute Gasteiger partial charge is 0.351 e. The van der Waals surface area contributed by atoms with Crippen LogP contribution in [-0.4, -0.2) is 25.8 Å². The van der Waals surface area contributed by atoms with Gasteiger partial charge in [0.05, 0.1) is 17.8 Å². The predicted molar refractivity (Wildman–Crippen MR) is 101 cm³/mol. The molecule has 1 aliphatic carbocycles. The van der Waals surface area contributed by atoms with Crippen LogP contribution in [0.25, 0.3) is 16.8 Å². The van der Waals surface area contributed by atoms with Gasteiger partial charge in [-0.25, -0.2) is 9.78 Å². The minimum Gasteiger partial charge on any atom is -0.492 e. The zero-order chi connectivity index (χ0) is 18.1. The van der Waals surface area contributed by atoms with Gasteiger partial charge < -0.3 is 4.74 Å². The molecule has 0 aliphatic heterocycles. The molecule has 1 fully saturated rings. The van der Waals surface area contributed by atoms with Gasteiger partial charge in [0.1, 0.15) is 12.1 Å². The molecule has 1 saturated carbocycles. The number of ether oxygens (including phenoxy) is 1. The van der Waals surface area contributed by atoms with E-state index in [1.54, 1.807) is 17.1 Å². The van der Waals surface area contributed by atoms with E-state index >= 15 is 0 Å². The molecule has 26 heavy (non-hydrogen) atoms. The first-order valence-corrected chi connectivity index (χ1v) is 9.41. The molecule has 4 rings (SSSR count). The third-order valence-corrected chi connectivity index (χ3v) is 4.95. The number of nitrogens with zero attached hydrogens (tertiary/aromatic N) is 4. The number of hydrogen-bond acceptors (Lipinski definition) is 4. The van der Waals surface area contributed by atoms with Crippen LogP contribution in [0.4, 0.5) is 0 Å². The van der Waals surface area contributed by atoms with Gasteiger partial charge in [0.25, 0.3) is 0 Å². The Morgan fingerprint density at radius 3 is 2.92 bits per heavy atom. The lowest BCUT2D eigenvalue weighted by Gasteiger charge is -2.09. The SMILES string of the molecule is CCCCn1cnc2c(-c3ccc(OCC4CC4)c(Cl)c3)cnn2c1=O. The van der Waals surface area contributed by atoms with E-state index in [0.717, 1.165) is 24.0 Å². The second-order valence-electron chi connectivity index (χ2n) is 6.77. The van der Waals surface area contributed by atoms with Gasteiger partial charge in [-0.15, -0.1) is 0 Å². The molecule has 0 amide bonds. The van der Waals surface area contributed by atoms with E-state index in [1.165, 1.54) is 17.4 Å². The standard InChI is InChI=1S/C19H21ClN4O2/c1-2-3-8-23-12-21-18-15(10-22-24(18)19(23)25)14-6-7-17(16(20)9-14)26-11-13-4-5-13/h6-7,9-10,12-13H,2-5,8,11H2,1H3. The molecule has 3 aromatic rings. The first-order valence-electron chi connectivity index (χ1n) is 9.03. The summed E-state index contributed by atoms with van der Waals surface area (Å²) in [5.41, 5.74) is 2.00. The molecule has 6 nitrogen and oxygen atoms in total. The summed E-state index contributed by atoms with van der Waals surface area (Å²) in [5.74, 6) is 1.36. The molecule has 0 unspecified atom stereocenters. The molecule has 0 saturated heterocycles. The third kappa shape index (κ3) is 3.33. The van der Waals surface area contributed by atoms with Crippen molar-refractivity contribution in [2.45, 2.75) is 39.2 Å². The van der Waals surface area contributed by atoms with Crippen molar-refractivity contribution in [3.8, 4) is 16.9 Å². The number of benzene rings is 1. The molecule has 1 aliphatic rings. The molecule has 2 aromatic heterocycles. The summed E-state index contributed by atoms with van der Waals surface area (Å²) >= 11 is 6.38. The molecular formula is C19H21ClN4O2. The Balaban J connectivity index is 1.64. The summed E-state index contributed by atoms with van der Waals surface area (Å²) in [6.45, 7) is 3.45. The van der Waals surface area contributed by atoms with Crippen LogP contribution < -0.4 is 10.4 Å². The Kier molecular flexibility index (Phi) is 4.68. The topological polar surface area (TPSA) is 61.4 Å². The van der Waals surface area contributed by atoms with Crippen molar-refractivity contribution >= 4 is 17.2 Å². The Labute approximate surface area is 156 Å². The molecule has 2 heterocycles. The quantitative estimate of drug-likeness (QED) is 0.632. The highest BCUT2D eigenvalue weighted by Crippen LogP contribution is 2.34. The molecular weight excluding hydrogens is 352 g/mol. The van der Waals surface area contributed by atoms with Crippen LogP contribution in [-0.2, 0) is 6.54 Å². The molecule has 7 heteroatoms. The lowest BCUT2D eigenvalue weighted by Crippen LogP contribution is -2.27. The summed E-state index contributed by atoms with van der Waals surface area (Å²) in [6.07, 6.45) is 7.66. The van der Waals surface area contributed by atoms with E-state index < -0.39 is 0 Å². The molecule has 0 N–H and O–H groups in total. The maximum Gasteiger partial charge on any atom is 0.351 e. The fourth-order valence-electron chi connectivity index (χ4n) is 2.86. The van der Waals surface area contributed by atoms with E-state index in [-0.39, 0.29) is 5.69 Å². The Morgan fingerprint density at radius 1 is 1.35 bits per heavy atom. The summed E-state index contributed by atoms with van der Waals surface area (Å²) in [5, 5.41) is 4.78. The van der Waals surface area contributed by atoms with E-state index in [4.69, 9.17) is 16.3 Å². The summed E-state index contributed by atoms with van der Waals surface area (Å²) < 4.78 is 8.71. The molecule has 0 radical (unpaired) electrons. The van der Waals surface area contributed by atoms with E-state index in [2.05, 4.69) is 17.0 Å². The summed E-state index contributed by atoms with van der Waals surface area (Å²) in [7, 11) is 0. The first-order chi connectivity index (χ1) is 12.7. The van der Waals surface area contributed by atoms with Gasteiger partial charge in [0.15, 0.2) is 5.65 Å². The van der Waals surface area contributed by atoms with Crippen LogP contribution in [0.5, 0.6) is 5.75 Å². The molecule has 0 atom stereocenters. The van der Waals surface area contributed by atoms with Gasteiger partial charge in [-0.05, 0) is 42.9 Å². The van der Waals surface area contributed by atoms with E-state index in [0.29, 0.717) is 35.5 Å². The second-order valence-corrected chi connectivity index (χ2v) is 7.17. The highest BCUT2D eigenvalue weighted by molar-refractivity contribution is 6.32. The maximum atomic E-state index is 12.5. The molecule has 0 bridgehead atoms. The minimum atomic E-state index is -0.176. The fourth-order valence-corrected chi connectivity index (χ4v) is 3.10. The van der Waals surface area contributed by atoms with Gasteiger partial charge in [0, 0.05) is 12.1 Å². The van der Waals surface area contributed by atoms with Crippen LogP contribution in [0.3, 0.4) is 0 Å². The number of fused-ring (bicyclic) bond motifs is 1. The van der Waals surface area contributed by atoms with Crippen LogP contribution in [0.2, 0.25) is 5.02 Å². The average molecular weight is 373 g/mol. The zero-order valence-electron chi connectivity index (χ0n) is 14.7. The van der Waals surface area contributed by atoms with Crippen molar-refractivity contribution in [1.82, 2.24) is 19.2 Å². The second kappa shape index (κ2) is 7.11. The number of unbranched alkanes of at least 4 members (excludes halogenated alkanes) is 1. The Hall–Kier alpha value is -2.34. The van der Waals surface area contributed by atoms with Gasteiger partial charge >= 0.3 is 5.69 Å². The third-order valence-electron chi connectivity index (χ3n) is 4.66. The number of rotatable bonds is 7. The van der Waals surface area contributed by atoms with Crippen molar-refractivity contribution < 1.29 is 4.74 Å². The van der Waals surface area contributed by atoms with Crippen molar-refractivity contribution in [2.24, 2.45) is 5.92 Å². The van der Waals surface area contributed by atoms with E-state index in [1.807, 2.05) is 18.2 Å². The van der Waals surface area contributed by atoms with Crippen LogP contribution in [0.15, 0.2) is 35.5 Å². The van der Waals surface area contributed by atoms with Crippen molar-refractivity contribution in [3.63, 3.8) is 0 Å². The number of halogens is 1. The minimum absolute atomic E-state index is 0.176. The molecule has 136 valence electrons. The average Bonchev–Trinajstić information content (AvgIpc) is 3.37. The predicted octanol–water partition coefficient (Wildman–Crippen LogP) is 3.80. The highest BCUT2D eigenvalue weighted by atomic mass is 35.5. The Bertz CT molecular complexity index is 991. The van der Waals surface area contributed by atoms with Crippen molar-refractivity contribution in [2.75, 3.05) is 6.61 Å². The molecule has 1 aromatic carbocycles. The Morgan fingerprint density at radius 2 is 2.19 bits per heavy atom. The highest BCUT2D eigenvalue weighted by Gasteiger charge is 2.22. The monoisotopic (exact) mass is 372 g/mol.